The molecule has 1 saturated heterocycles. The number of rotatable bonds is 5. The fraction of sp³-hybridized carbons (Fsp3) is 0.267. The molecule has 0 saturated carbocycles. The Morgan fingerprint density at radius 2 is 1.93 bits per heavy atom. The van der Waals surface area contributed by atoms with Crippen molar-refractivity contribution in [3.8, 4) is 11.8 Å². The summed E-state index contributed by atoms with van der Waals surface area (Å²) in [6, 6.07) is 18.5. The zero-order valence-corrected chi connectivity index (χ0v) is 22.7. The summed E-state index contributed by atoms with van der Waals surface area (Å²) >= 11 is 6.17. The lowest BCUT2D eigenvalue weighted by molar-refractivity contribution is -0.123. The van der Waals surface area contributed by atoms with Gasteiger partial charge in [0.2, 0.25) is 5.91 Å². The van der Waals surface area contributed by atoms with E-state index in [-0.39, 0.29) is 18.6 Å². The van der Waals surface area contributed by atoms with Crippen LogP contribution in [0.25, 0.3) is 0 Å². The second-order valence-electron chi connectivity index (χ2n) is 9.86. The van der Waals surface area contributed by atoms with Crippen LogP contribution >= 0.6 is 11.6 Å². The second-order valence-corrected chi connectivity index (χ2v) is 10.3. The number of urea groups is 1. The van der Waals surface area contributed by atoms with E-state index in [1.165, 1.54) is 21.9 Å². The molecule has 3 aromatic carbocycles. The number of hydrogen-bond donors (Lipinski definition) is 1. The van der Waals surface area contributed by atoms with Gasteiger partial charge in [0.1, 0.15) is 30.0 Å². The maximum Gasteiger partial charge on any atom is 0.326 e. The van der Waals surface area contributed by atoms with Crippen molar-refractivity contribution in [1.82, 2.24) is 15.1 Å². The number of nitriles is 1. The molecule has 2 atom stereocenters. The first-order valence-electron chi connectivity index (χ1n) is 12.9. The van der Waals surface area contributed by atoms with Crippen LogP contribution in [-0.4, -0.2) is 53.3 Å². The van der Waals surface area contributed by atoms with Crippen LogP contribution in [0, 0.1) is 17.1 Å². The van der Waals surface area contributed by atoms with E-state index in [2.05, 4.69) is 11.4 Å². The number of hydrogen-bond acceptors (Lipinski definition) is 5. The number of aliphatic imine (C=N–C) groups is 1. The molecule has 40 heavy (non-hydrogen) atoms. The monoisotopic (exact) mass is 559 g/mol. The maximum atomic E-state index is 14.6. The molecule has 8 nitrogen and oxygen atoms in total. The smallest absolute Gasteiger partial charge is 0.326 e. The van der Waals surface area contributed by atoms with Crippen LogP contribution in [0.1, 0.15) is 48.2 Å². The summed E-state index contributed by atoms with van der Waals surface area (Å²) in [5, 5.41) is 12.8. The number of nitrogens with one attached hydrogen (secondary N) is 1. The number of carbonyl (C=O) groups excluding carboxylic acids is 2. The van der Waals surface area contributed by atoms with E-state index >= 15 is 0 Å². The summed E-state index contributed by atoms with van der Waals surface area (Å²) < 4.78 is 20.7. The summed E-state index contributed by atoms with van der Waals surface area (Å²) in [7, 11) is 0. The number of ether oxygens (including phenoxy) is 1. The van der Waals surface area contributed by atoms with E-state index in [0.29, 0.717) is 46.4 Å². The Hall–Kier alpha value is -4.42. The van der Waals surface area contributed by atoms with E-state index < -0.39 is 23.9 Å². The van der Waals surface area contributed by atoms with Crippen LogP contribution in [0.3, 0.4) is 0 Å². The van der Waals surface area contributed by atoms with Crippen LogP contribution in [0.5, 0.6) is 5.75 Å². The normalized spacial score (nSPS) is 18.8. The average molecular weight is 560 g/mol. The summed E-state index contributed by atoms with van der Waals surface area (Å²) in [4.78, 5) is 34.5. The zero-order valence-electron chi connectivity index (χ0n) is 22.0. The van der Waals surface area contributed by atoms with Crippen molar-refractivity contribution in [3.05, 3.63) is 99.8 Å². The van der Waals surface area contributed by atoms with E-state index in [9.17, 15) is 19.2 Å². The van der Waals surface area contributed by atoms with Crippen LogP contribution in [0.2, 0.25) is 5.02 Å². The highest BCUT2D eigenvalue weighted by Gasteiger charge is 2.45. The molecule has 2 aliphatic heterocycles. The molecule has 204 valence electrons. The first kappa shape index (κ1) is 27.2. The third-order valence-electron chi connectivity index (χ3n) is 6.70. The topological polar surface area (TPSA) is 98.0 Å². The third kappa shape index (κ3) is 5.49. The van der Waals surface area contributed by atoms with E-state index in [1.807, 2.05) is 26.0 Å². The van der Waals surface area contributed by atoms with Crippen LogP contribution < -0.4 is 10.1 Å². The molecule has 10 heteroatoms. The first-order chi connectivity index (χ1) is 19.2. The minimum absolute atomic E-state index is 0.118. The lowest BCUT2D eigenvalue weighted by atomic mass is 9.93. The van der Waals surface area contributed by atoms with Crippen molar-refractivity contribution < 1.29 is 18.7 Å². The molecule has 0 bridgehead atoms. The largest absolute Gasteiger partial charge is 0.490 e. The average Bonchev–Trinajstić information content (AvgIpc) is 3.33. The van der Waals surface area contributed by atoms with Gasteiger partial charge in [-0.05, 0) is 67.4 Å². The highest BCUT2D eigenvalue weighted by Crippen LogP contribution is 2.45. The molecule has 0 radical (unpaired) electrons. The van der Waals surface area contributed by atoms with Gasteiger partial charge in [-0.25, -0.2) is 9.18 Å². The molecule has 2 heterocycles. The van der Waals surface area contributed by atoms with Gasteiger partial charge in [-0.3, -0.25) is 14.7 Å². The van der Waals surface area contributed by atoms with Gasteiger partial charge in [-0.2, -0.15) is 5.26 Å². The van der Waals surface area contributed by atoms with Gasteiger partial charge in [0.05, 0.1) is 29.3 Å². The Morgan fingerprint density at radius 3 is 2.60 bits per heavy atom. The van der Waals surface area contributed by atoms with Gasteiger partial charge < -0.3 is 15.0 Å². The molecule has 0 aromatic heterocycles. The van der Waals surface area contributed by atoms with Crippen molar-refractivity contribution in [2.24, 2.45) is 4.99 Å². The van der Waals surface area contributed by atoms with Gasteiger partial charge in [0, 0.05) is 18.1 Å². The molecule has 0 spiro atoms. The Morgan fingerprint density at radius 1 is 1.15 bits per heavy atom. The van der Waals surface area contributed by atoms with Gasteiger partial charge in [0.15, 0.2) is 0 Å². The molecule has 0 aliphatic carbocycles. The molecule has 2 unspecified atom stereocenters. The Balaban J connectivity index is 1.72. The summed E-state index contributed by atoms with van der Waals surface area (Å²) in [6.07, 6.45) is -0.226. The highest BCUT2D eigenvalue weighted by molar-refractivity contribution is 6.30. The van der Waals surface area contributed by atoms with E-state index in [1.54, 1.807) is 42.5 Å². The van der Waals surface area contributed by atoms with Crippen molar-refractivity contribution in [2.45, 2.75) is 32.0 Å². The third-order valence-corrected chi connectivity index (χ3v) is 6.95. The molecule has 2 aliphatic rings. The van der Waals surface area contributed by atoms with Crippen molar-refractivity contribution in [3.63, 3.8) is 0 Å². The Labute approximate surface area is 236 Å². The van der Waals surface area contributed by atoms with Crippen LogP contribution in [0.4, 0.5) is 9.18 Å². The number of benzene rings is 3. The number of carbonyl (C=O) groups is 2. The number of amides is 3. The summed E-state index contributed by atoms with van der Waals surface area (Å²) in [5.41, 5.74) is 2.19. The Kier molecular flexibility index (Phi) is 7.71. The molecule has 5 rings (SSSR count). The SMILES string of the molecule is CC(C)Oc1cc(C#N)ccc1C1=NC(c2ccc(Cl)cc2)C(c2cccc(F)c2)N1C(=O)N1CCNC(=O)C1. The fourth-order valence-corrected chi connectivity index (χ4v) is 5.09. The summed E-state index contributed by atoms with van der Waals surface area (Å²) in [6.45, 7) is 4.22. The number of halogens is 2. The van der Waals surface area contributed by atoms with Crippen LogP contribution in [-0.2, 0) is 4.79 Å². The molecule has 3 amide bonds. The zero-order chi connectivity index (χ0) is 28.4. The lowest BCUT2D eigenvalue weighted by Gasteiger charge is -2.35. The van der Waals surface area contributed by atoms with Gasteiger partial charge in [0.25, 0.3) is 0 Å². The van der Waals surface area contributed by atoms with Gasteiger partial charge in [-0.1, -0.05) is 35.9 Å². The minimum atomic E-state index is -0.744. The molecule has 1 N–H and O–H groups in total. The fourth-order valence-electron chi connectivity index (χ4n) is 4.97. The van der Waals surface area contributed by atoms with E-state index in [4.69, 9.17) is 21.3 Å². The van der Waals surface area contributed by atoms with Gasteiger partial charge in [-0.15, -0.1) is 0 Å². The quantitative estimate of drug-likeness (QED) is 0.462. The lowest BCUT2D eigenvalue weighted by Crippen LogP contribution is -2.55. The number of piperazine rings is 1. The van der Waals surface area contributed by atoms with Crippen LogP contribution in [0.15, 0.2) is 71.7 Å². The predicted molar refractivity (Wildman–Crippen MR) is 149 cm³/mol. The first-order valence-corrected chi connectivity index (χ1v) is 13.3. The number of amidine groups is 1. The predicted octanol–water partition coefficient (Wildman–Crippen LogP) is 5.23. The van der Waals surface area contributed by atoms with Crippen molar-refractivity contribution in [2.75, 3.05) is 19.6 Å². The van der Waals surface area contributed by atoms with Crippen molar-refractivity contribution in [1.29, 1.82) is 5.26 Å². The standard InChI is InChI=1S/C30H27ClFN5O3/c1-18(2)40-25-14-19(16-33)6-11-24(25)29-35-27(20-7-9-22(31)10-8-20)28(21-4-3-5-23(32)15-21)37(29)30(39)36-13-12-34-26(38)17-36/h3-11,14-15,18,27-28H,12-13,17H2,1-2H3,(H,34,38). The second kappa shape index (κ2) is 11.4. The van der Waals surface area contributed by atoms with Gasteiger partial charge >= 0.3 is 6.03 Å². The minimum Gasteiger partial charge on any atom is -0.490 e. The molecular weight excluding hydrogens is 533 g/mol. The molecular formula is C30H27ClFN5O3. The summed E-state index contributed by atoms with van der Waals surface area (Å²) in [5.74, 6) is -0.0362. The van der Waals surface area contributed by atoms with E-state index in [0.717, 1.165) is 5.56 Å². The van der Waals surface area contributed by atoms with Crippen molar-refractivity contribution >= 4 is 29.4 Å². The Bertz CT molecular complexity index is 1520. The molecule has 1 fully saturated rings. The number of nitrogens with zero attached hydrogens (tertiary/aromatic N) is 4. The highest BCUT2D eigenvalue weighted by atomic mass is 35.5. The molecule has 3 aromatic rings. The maximum absolute atomic E-state index is 14.6.